The molecule has 2 bridgehead atoms. The van der Waals surface area contributed by atoms with Gasteiger partial charge in [-0.2, -0.15) is 0 Å². The predicted octanol–water partition coefficient (Wildman–Crippen LogP) is 1.92. The highest BCUT2D eigenvalue weighted by molar-refractivity contribution is 5.83. The maximum Gasteiger partial charge on any atom is 0.230 e. The van der Waals surface area contributed by atoms with Crippen molar-refractivity contribution in [3.8, 4) is 0 Å². The van der Waals surface area contributed by atoms with Crippen LogP contribution in [0.1, 0.15) is 52.4 Å². The Morgan fingerprint density at radius 3 is 2.16 bits per heavy atom. The summed E-state index contributed by atoms with van der Waals surface area (Å²) in [5.41, 5.74) is 5.66. The Kier molecular flexibility index (Phi) is 4.85. The smallest absolute Gasteiger partial charge is 0.230 e. The molecule has 0 aromatic heterocycles. The highest BCUT2D eigenvalue weighted by Crippen LogP contribution is 2.34. The Hall–Kier alpha value is -0.610. The normalized spacial score (nSPS) is 26.8. The van der Waals surface area contributed by atoms with E-state index < -0.39 is 0 Å². The van der Waals surface area contributed by atoms with Crippen LogP contribution in [0.25, 0.3) is 0 Å². The van der Waals surface area contributed by atoms with Gasteiger partial charge in [-0.3, -0.25) is 4.79 Å². The molecule has 2 heterocycles. The highest BCUT2D eigenvalue weighted by atomic mass is 16.5. The first-order valence-electron chi connectivity index (χ1n) is 7.80. The summed E-state index contributed by atoms with van der Waals surface area (Å²) < 4.78 is 5.82. The molecule has 2 atom stereocenters. The standard InChI is InChI=1S/C15H28N2O2/c1-3-7-15(11-16,8-4-2)14(18)17-9-12-5-6-13(10-17)19-12/h12-13H,3-11,16H2,1-2H3. The molecule has 19 heavy (non-hydrogen) atoms. The number of amides is 1. The van der Waals surface area contributed by atoms with E-state index in [1.807, 2.05) is 4.90 Å². The summed E-state index contributed by atoms with van der Waals surface area (Å²) in [6.45, 7) is 6.28. The molecule has 110 valence electrons. The summed E-state index contributed by atoms with van der Waals surface area (Å²) in [5.74, 6) is 0.277. The van der Waals surface area contributed by atoms with Crippen molar-refractivity contribution in [1.29, 1.82) is 0 Å². The highest BCUT2D eigenvalue weighted by Gasteiger charge is 2.43. The van der Waals surface area contributed by atoms with E-state index in [-0.39, 0.29) is 23.5 Å². The number of carbonyl (C=O) groups excluding carboxylic acids is 1. The second-order valence-electron chi connectivity index (χ2n) is 6.15. The van der Waals surface area contributed by atoms with Crippen molar-refractivity contribution >= 4 is 5.91 Å². The van der Waals surface area contributed by atoms with Gasteiger partial charge in [-0.05, 0) is 25.7 Å². The average molecular weight is 268 g/mol. The topological polar surface area (TPSA) is 55.6 Å². The second-order valence-corrected chi connectivity index (χ2v) is 6.15. The molecule has 4 heteroatoms. The van der Waals surface area contributed by atoms with Crippen molar-refractivity contribution in [3.63, 3.8) is 0 Å². The molecule has 0 spiro atoms. The number of nitrogens with two attached hydrogens (primary N) is 1. The molecule has 0 aromatic rings. The number of carbonyl (C=O) groups is 1. The van der Waals surface area contributed by atoms with E-state index >= 15 is 0 Å². The quantitative estimate of drug-likeness (QED) is 0.800. The molecule has 2 unspecified atom stereocenters. The van der Waals surface area contributed by atoms with E-state index in [4.69, 9.17) is 10.5 Å². The minimum absolute atomic E-state index is 0.265. The lowest BCUT2D eigenvalue weighted by Gasteiger charge is -2.40. The number of ether oxygens (including phenoxy) is 1. The molecule has 0 aliphatic carbocycles. The predicted molar refractivity (Wildman–Crippen MR) is 75.8 cm³/mol. The van der Waals surface area contributed by atoms with Gasteiger partial charge in [0.25, 0.3) is 0 Å². The van der Waals surface area contributed by atoms with Gasteiger partial charge >= 0.3 is 0 Å². The van der Waals surface area contributed by atoms with Crippen molar-refractivity contribution in [2.24, 2.45) is 11.1 Å². The fraction of sp³-hybridized carbons (Fsp3) is 0.933. The van der Waals surface area contributed by atoms with Crippen molar-refractivity contribution in [2.45, 2.75) is 64.6 Å². The first-order valence-corrected chi connectivity index (χ1v) is 7.80. The van der Waals surface area contributed by atoms with Crippen molar-refractivity contribution in [2.75, 3.05) is 19.6 Å². The zero-order valence-corrected chi connectivity index (χ0v) is 12.4. The molecule has 2 rings (SSSR count). The van der Waals surface area contributed by atoms with Crippen LogP contribution in [0.5, 0.6) is 0 Å². The van der Waals surface area contributed by atoms with Crippen LogP contribution in [0.15, 0.2) is 0 Å². The third-order valence-corrected chi connectivity index (χ3v) is 4.63. The van der Waals surface area contributed by atoms with Gasteiger partial charge < -0.3 is 15.4 Å². The Morgan fingerprint density at radius 2 is 1.74 bits per heavy atom. The Balaban J connectivity index is 2.09. The second kappa shape index (κ2) is 6.23. The van der Waals surface area contributed by atoms with Crippen LogP contribution in [0, 0.1) is 5.41 Å². The largest absolute Gasteiger partial charge is 0.371 e. The summed E-state index contributed by atoms with van der Waals surface area (Å²) in [6, 6.07) is 0. The van der Waals surface area contributed by atoms with Crippen LogP contribution in [-0.2, 0) is 9.53 Å². The number of fused-ring (bicyclic) bond motifs is 2. The molecular weight excluding hydrogens is 240 g/mol. The number of likely N-dealkylation sites (tertiary alicyclic amines) is 1. The van der Waals surface area contributed by atoms with Gasteiger partial charge in [-0.25, -0.2) is 0 Å². The molecule has 2 N–H and O–H groups in total. The summed E-state index contributed by atoms with van der Waals surface area (Å²) in [5, 5.41) is 0. The summed E-state index contributed by atoms with van der Waals surface area (Å²) in [4.78, 5) is 15.0. The first kappa shape index (κ1) is 14.8. The lowest BCUT2D eigenvalue weighted by Crippen LogP contribution is -2.54. The lowest BCUT2D eigenvalue weighted by atomic mass is 9.77. The molecule has 0 aromatic carbocycles. The molecule has 2 aliphatic heterocycles. The summed E-state index contributed by atoms with van der Waals surface area (Å²) in [6.07, 6.45) is 6.58. The van der Waals surface area contributed by atoms with Crippen LogP contribution in [-0.4, -0.2) is 42.6 Å². The van der Waals surface area contributed by atoms with Gasteiger partial charge in [0, 0.05) is 19.6 Å². The van der Waals surface area contributed by atoms with Crippen molar-refractivity contribution < 1.29 is 9.53 Å². The Labute approximate surface area is 116 Å². The van der Waals surface area contributed by atoms with Gasteiger partial charge in [0.2, 0.25) is 5.91 Å². The average Bonchev–Trinajstić information content (AvgIpc) is 2.76. The van der Waals surface area contributed by atoms with Gasteiger partial charge in [0.1, 0.15) is 0 Å². The summed E-state index contributed by atoms with van der Waals surface area (Å²) in [7, 11) is 0. The molecule has 4 nitrogen and oxygen atoms in total. The van der Waals surface area contributed by atoms with E-state index in [0.29, 0.717) is 6.54 Å². The van der Waals surface area contributed by atoms with E-state index in [1.165, 1.54) is 0 Å². The molecule has 2 aliphatic rings. The van der Waals surface area contributed by atoms with Crippen LogP contribution in [0.3, 0.4) is 0 Å². The van der Waals surface area contributed by atoms with Crippen LogP contribution in [0.4, 0.5) is 0 Å². The number of hydrogen-bond donors (Lipinski definition) is 1. The zero-order valence-electron chi connectivity index (χ0n) is 12.4. The van der Waals surface area contributed by atoms with Crippen LogP contribution >= 0.6 is 0 Å². The molecule has 1 amide bonds. The molecule has 0 saturated carbocycles. The number of hydrogen-bond acceptors (Lipinski definition) is 3. The van der Waals surface area contributed by atoms with Gasteiger partial charge in [-0.15, -0.1) is 0 Å². The SMILES string of the molecule is CCCC(CN)(CCC)C(=O)N1CC2CCC(C1)O2. The monoisotopic (exact) mass is 268 g/mol. The maximum atomic E-state index is 12.9. The minimum Gasteiger partial charge on any atom is -0.371 e. The van der Waals surface area contributed by atoms with E-state index in [2.05, 4.69) is 13.8 Å². The number of morpholine rings is 1. The number of rotatable bonds is 6. The van der Waals surface area contributed by atoms with E-state index in [1.54, 1.807) is 0 Å². The molecule has 0 radical (unpaired) electrons. The number of nitrogens with zero attached hydrogens (tertiary/aromatic N) is 1. The van der Waals surface area contributed by atoms with Gasteiger partial charge in [0.05, 0.1) is 17.6 Å². The van der Waals surface area contributed by atoms with Crippen molar-refractivity contribution in [3.05, 3.63) is 0 Å². The molecular formula is C15H28N2O2. The Morgan fingerprint density at radius 1 is 1.21 bits per heavy atom. The Bertz CT molecular complexity index is 301. The molecule has 2 fully saturated rings. The summed E-state index contributed by atoms with van der Waals surface area (Å²) >= 11 is 0. The third kappa shape index (κ3) is 2.95. The third-order valence-electron chi connectivity index (χ3n) is 4.63. The maximum absolute atomic E-state index is 12.9. The van der Waals surface area contributed by atoms with Gasteiger partial charge in [-0.1, -0.05) is 26.7 Å². The fourth-order valence-corrected chi connectivity index (χ4v) is 3.70. The van der Waals surface area contributed by atoms with Crippen LogP contribution < -0.4 is 5.73 Å². The first-order chi connectivity index (χ1) is 9.15. The van der Waals surface area contributed by atoms with Crippen molar-refractivity contribution in [1.82, 2.24) is 4.90 Å². The lowest BCUT2D eigenvalue weighted by molar-refractivity contribution is -0.151. The van der Waals surface area contributed by atoms with E-state index in [9.17, 15) is 4.79 Å². The van der Waals surface area contributed by atoms with Gasteiger partial charge in [0.15, 0.2) is 0 Å². The molecule has 2 saturated heterocycles. The minimum atomic E-state index is -0.333. The van der Waals surface area contributed by atoms with E-state index in [0.717, 1.165) is 51.6 Å². The fourth-order valence-electron chi connectivity index (χ4n) is 3.70. The zero-order chi connectivity index (χ0) is 13.9. The van der Waals surface area contributed by atoms with Crippen LogP contribution in [0.2, 0.25) is 0 Å².